The maximum atomic E-state index is 10.6. The Labute approximate surface area is 142 Å². The average molecular weight is 325 g/mol. The predicted octanol–water partition coefficient (Wildman–Crippen LogP) is 3.63. The molecule has 4 heteroatoms. The molecule has 0 saturated heterocycles. The van der Waals surface area contributed by atoms with Crippen molar-refractivity contribution in [1.82, 2.24) is 4.90 Å². The molecule has 4 rings (SSSR count). The van der Waals surface area contributed by atoms with Crippen LogP contribution in [0.4, 0.5) is 0 Å². The lowest BCUT2D eigenvalue weighted by atomic mass is 9.80. The van der Waals surface area contributed by atoms with Gasteiger partial charge in [-0.1, -0.05) is 12.1 Å². The molecular formula is C20H23NO3. The quantitative estimate of drug-likeness (QED) is 0.915. The lowest BCUT2D eigenvalue weighted by molar-refractivity contribution is 0.115. The molecule has 1 N–H and O–H groups in total. The highest BCUT2D eigenvalue weighted by Gasteiger charge is 2.38. The maximum absolute atomic E-state index is 10.6. The second kappa shape index (κ2) is 5.71. The van der Waals surface area contributed by atoms with Gasteiger partial charge in [-0.15, -0.1) is 0 Å². The number of hydrogen-bond donors (Lipinski definition) is 1. The van der Waals surface area contributed by atoms with Crippen LogP contribution in [-0.4, -0.2) is 30.8 Å². The summed E-state index contributed by atoms with van der Waals surface area (Å²) in [6.07, 6.45) is 1.92. The van der Waals surface area contributed by atoms with Gasteiger partial charge in [-0.2, -0.15) is 0 Å². The number of hydrogen-bond acceptors (Lipinski definition) is 4. The van der Waals surface area contributed by atoms with Gasteiger partial charge in [0.25, 0.3) is 0 Å². The molecule has 126 valence electrons. The molecule has 2 aliphatic rings. The van der Waals surface area contributed by atoms with Crippen molar-refractivity contribution in [2.45, 2.75) is 31.8 Å². The molecular weight excluding hydrogens is 302 g/mol. The van der Waals surface area contributed by atoms with Gasteiger partial charge in [0.2, 0.25) is 0 Å². The Kier molecular flexibility index (Phi) is 3.65. The smallest absolute Gasteiger partial charge is 0.162 e. The monoisotopic (exact) mass is 325 g/mol. The minimum Gasteiger partial charge on any atom is -0.504 e. The summed E-state index contributed by atoms with van der Waals surface area (Å²) in [4.78, 5) is 2.50. The summed E-state index contributed by atoms with van der Waals surface area (Å²) < 4.78 is 10.7. The van der Waals surface area contributed by atoms with Crippen LogP contribution in [-0.2, 0) is 12.8 Å². The van der Waals surface area contributed by atoms with E-state index in [-0.39, 0.29) is 6.04 Å². The molecule has 2 atom stereocenters. The van der Waals surface area contributed by atoms with Crippen molar-refractivity contribution in [3.8, 4) is 17.2 Å². The van der Waals surface area contributed by atoms with Crippen molar-refractivity contribution in [2.24, 2.45) is 0 Å². The highest BCUT2D eigenvalue weighted by Crippen LogP contribution is 2.48. The summed E-state index contributed by atoms with van der Waals surface area (Å²) in [6, 6.07) is 10.9. The van der Waals surface area contributed by atoms with Crippen molar-refractivity contribution >= 4 is 0 Å². The minimum atomic E-state index is 0.170. The molecule has 2 aromatic carbocycles. The Morgan fingerprint density at radius 3 is 2.67 bits per heavy atom. The molecule has 0 aliphatic carbocycles. The summed E-state index contributed by atoms with van der Waals surface area (Å²) in [5.41, 5.74) is 4.99. The number of phenols is 1. The number of fused-ring (bicyclic) bond motifs is 4. The number of ether oxygens (including phenoxy) is 2. The Bertz CT molecular complexity index is 787. The minimum absolute atomic E-state index is 0.170. The van der Waals surface area contributed by atoms with Crippen molar-refractivity contribution < 1.29 is 14.6 Å². The van der Waals surface area contributed by atoms with Gasteiger partial charge in [0.1, 0.15) is 5.75 Å². The topological polar surface area (TPSA) is 41.9 Å². The van der Waals surface area contributed by atoms with Crippen LogP contribution < -0.4 is 9.47 Å². The molecule has 0 aromatic heterocycles. The van der Waals surface area contributed by atoms with Gasteiger partial charge < -0.3 is 14.6 Å². The fraction of sp³-hybridized carbons (Fsp3) is 0.400. The SMILES string of the molecule is COc1ccc2c(c1)CCN1[C@H](C)c3c(ccc(OC)c3O)C[C@@H]21. The van der Waals surface area contributed by atoms with Gasteiger partial charge in [0, 0.05) is 24.2 Å². The van der Waals surface area contributed by atoms with Crippen LogP contribution in [0.15, 0.2) is 30.3 Å². The second-order valence-electron chi connectivity index (χ2n) is 6.64. The van der Waals surface area contributed by atoms with Crippen molar-refractivity contribution in [2.75, 3.05) is 20.8 Å². The van der Waals surface area contributed by atoms with E-state index in [1.54, 1.807) is 14.2 Å². The number of aromatic hydroxyl groups is 1. The zero-order chi connectivity index (χ0) is 16.8. The van der Waals surface area contributed by atoms with Gasteiger partial charge >= 0.3 is 0 Å². The Balaban J connectivity index is 1.79. The first-order valence-electron chi connectivity index (χ1n) is 8.45. The van der Waals surface area contributed by atoms with Gasteiger partial charge in [-0.25, -0.2) is 0 Å². The zero-order valence-electron chi connectivity index (χ0n) is 14.4. The third-order valence-corrected chi connectivity index (χ3v) is 5.57. The fourth-order valence-corrected chi connectivity index (χ4v) is 4.34. The van der Waals surface area contributed by atoms with Crippen molar-refractivity contribution in [3.05, 3.63) is 52.6 Å². The van der Waals surface area contributed by atoms with E-state index in [1.807, 2.05) is 12.1 Å². The van der Waals surface area contributed by atoms with E-state index in [4.69, 9.17) is 9.47 Å². The summed E-state index contributed by atoms with van der Waals surface area (Å²) in [6.45, 7) is 3.17. The normalized spacial score (nSPS) is 22.3. The van der Waals surface area contributed by atoms with Crippen molar-refractivity contribution in [3.63, 3.8) is 0 Å². The fourth-order valence-electron chi connectivity index (χ4n) is 4.34. The van der Waals surface area contributed by atoms with Gasteiger partial charge in [-0.3, -0.25) is 4.90 Å². The van der Waals surface area contributed by atoms with Crippen LogP contribution in [0.2, 0.25) is 0 Å². The molecule has 2 heterocycles. The third-order valence-electron chi connectivity index (χ3n) is 5.57. The summed E-state index contributed by atoms with van der Waals surface area (Å²) in [7, 11) is 3.31. The summed E-state index contributed by atoms with van der Waals surface area (Å²) in [5, 5.41) is 10.6. The summed E-state index contributed by atoms with van der Waals surface area (Å²) >= 11 is 0. The number of benzene rings is 2. The van der Waals surface area contributed by atoms with E-state index in [1.165, 1.54) is 16.7 Å². The van der Waals surface area contributed by atoms with Gasteiger partial charge in [0.15, 0.2) is 11.5 Å². The van der Waals surface area contributed by atoms with E-state index in [0.29, 0.717) is 17.5 Å². The number of nitrogens with zero attached hydrogens (tertiary/aromatic N) is 1. The third kappa shape index (κ3) is 2.17. The highest BCUT2D eigenvalue weighted by atomic mass is 16.5. The molecule has 0 bridgehead atoms. The van der Waals surface area contributed by atoms with E-state index >= 15 is 0 Å². The molecule has 0 radical (unpaired) electrons. The van der Waals surface area contributed by atoms with Crippen LogP contribution in [0, 0.1) is 0 Å². The lowest BCUT2D eigenvalue weighted by Gasteiger charge is -2.45. The lowest BCUT2D eigenvalue weighted by Crippen LogP contribution is -2.41. The molecule has 4 nitrogen and oxygen atoms in total. The maximum Gasteiger partial charge on any atom is 0.162 e. The van der Waals surface area contributed by atoms with Crippen LogP contribution in [0.25, 0.3) is 0 Å². The van der Waals surface area contributed by atoms with Crippen LogP contribution in [0.3, 0.4) is 0 Å². The highest BCUT2D eigenvalue weighted by molar-refractivity contribution is 5.54. The first-order chi connectivity index (χ1) is 11.6. The molecule has 0 unspecified atom stereocenters. The van der Waals surface area contributed by atoms with E-state index in [2.05, 4.69) is 30.0 Å². The molecule has 0 fully saturated rings. The Morgan fingerprint density at radius 1 is 1.08 bits per heavy atom. The van der Waals surface area contributed by atoms with Crippen molar-refractivity contribution in [1.29, 1.82) is 0 Å². The molecule has 2 aliphatic heterocycles. The van der Waals surface area contributed by atoms with E-state index in [0.717, 1.165) is 30.7 Å². The zero-order valence-corrected chi connectivity index (χ0v) is 14.4. The molecule has 24 heavy (non-hydrogen) atoms. The van der Waals surface area contributed by atoms with Crippen LogP contribution in [0.5, 0.6) is 17.2 Å². The average Bonchev–Trinajstić information content (AvgIpc) is 2.61. The Morgan fingerprint density at radius 2 is 1.92 bits per heavy atom. The summed E-state index contributed by atoms with van der Waals surface area (Å²) in [5.74, 6) is 1.77. The van der Waals surface area contributed by atoms with Crippen LogP contribution in [0.1, 0.15) is 41.3 Å². The first kappa shape index (κ1) is 15.3. The molecule has 0 spiro atoms. The second-order valence-corrected chi connectivity index (χ2v) is 6.64. The molecule has 0 amide bonds. The van der Waals surface area contributed by atoms with E-state index in [9.17, 15) is 5.11 Å². The number of rotatable bonds is 2. The standard InChI is InChI=1S/C20H23NO3/c1-12-19-14(4-7-18(24-3)20(19)22)11-17-16-6-5-15(23-2)10-13(16)8-9-21(12)17/h4-7,10,12,17,22H,8-9,11H2,1-3H3/t12-,17+/m1/s1. The predicted molar refractivity (Wildman–Crippen MR) is 92.9 cm³/mol. The van der Waals surface area contributed by atoms with E-state index < -0.39 is 0 Å². The largest absolute Gasteiger partial charge is 0.504 e. The number of methoxy groups -OCH3 is 2. The van der Waals surface area contributed by atoms with Crippen LogP contribution >= 0.6 is 0 Å². The Hall–Kier alpha value is -2.20. The molecule has 2 aromatic rings. The number of phenolic OH excluding ortho intramolecular Hbond substituents is 1. The van der Waals surface area contributed by atoms with Gasteiger partial charge in [0.05, 0.1) is 14.2 Å². The van der Waals surface area contributed by atoms with Gasteiger partial charge in [-0.05, 0) is 54.7 Å². The molecule has 0 saturated carbocycles. The first-order valence-corrected chi connectivity index (χ1v) is 8.45.